The van der Waals surface area contributed by atoms with Crippen molar-refractivity contribution < 1.29 is 9.84 Å². The van der Waals surface area contributed by atoms with Crippen LogP contribution in [0.4, 0.5) is 5.69 Å². The van der Waals surface area contributed by atoms with Gasteiger partial charge in [0.1, 0.15) is 12.4 Å². The number of ether oxygens (including phenoxy) is 1. The lowest BCUT2D eigenvalue weighted by Gasteiger charge is -2.06. The van der Waals surface area contributed by atoms with E-state index in [1.807, 2.05) is 19.1 Å². The molecule has 0 saturated carbocycles. The number of aliphatic hydroxyl groups is 1. The molecule has 0 spiro atoms. The molecule has 0 bridgehead atoms. The second kappa shape index (κ2) is 4.04. The predicted molar refractivity (Wildman–Crippen MR) is 61.4 cm³/mol. The number of nitrogens with two attached hydrogens (primary N) is 1. The van der Waals surface area contributed by atoms with Crippen LogP contribution < -0.4 is 10.5 Å². The number of nitrogens with zero attached hydrogens (tertiary/aromatic N) is 1. The van der Waals surface area contributed by atoms with E-state index in [2.05, 4.69) is 4.98 Å². The lowest BCUT2D eigenvalue weighted by Crippen LogP contribution is -2.03. The first-order valence-electron chi connectivity index (χ1n) is 4.61. The van der Waals surface area contributed by atoms with E-state index >= 15 is 0 Å². The minimum absolute atomic E-state index is 0.0203. The second-order valence-corrected chi connectivity index (χ2v) is 4.40. The summed E-state index contributed by atoms with van der Waals surface area (Å²) in [6, 6.07) is 3.66. The molecule has 0 aliphatic heterocycles. The van der Waals surface area contributed by atoms with E-state index in [0.717, 1.165) is 15.2 Å². The molecule has 15 heavy (non-hydrogen) atoms. The topological polar surface area (TPSA) is 68.4 Å². The number of anilines is 1. The number of rotatable bonds is 3. The van der Waals surface area contributed by atoms with Crippen molar-refractivity contribution in [2.24, 2.45) is 0 Å². The maximum absolute atomic E-state index is 8.66. The van der Waals surface area contributed by atoms with Crippen LogP contribution >= 0.6 is 11.3 Å². The fourth-order valence-corrected chi connectivity index (χ4v) is 2.22. The van der Waals surface area contributed by atoms with Gasteiger partial charge in [0.25, 0.3) is 0 Å². The van der Waals surface area contributed by atoms with Crippen molar-refractivity contribution >= 4 is 27.2 Å². The van der Waals surface area contributed by atoms with E-state index in [9.17, 15) is 0 Å². The number of aromatic nitrogens is 1. The Hall–Kier alpha value is -1.33. The minimum atomic E-state index is -0.0203. The molecule has 5 heteroatoms. The van der Waals surface area contributed by atoms with Crippen molar-refractivity contribution in [1.29, 1.82) is 0 Å². The number of hydrogen-bond acceptors (Lipinski definition) is 5. The van der Waals surface area contributed by atoms with Crippen LogP contribution in [0.25, 0.3) is 10.2 Å². The summed E-state index contributed by atoms with van der Waals surface area (Å²) >= 11 is 1.60. The van der Waals surface area contributed by atoms with Gasteiger partial charge in [-0.25, -0.2) is 4.98 Å². The highest BCUT2D eigenvalue weighted by molar-refractivity contribution is 7.18. The Morgan fingerprint density at radius 3 is 3.07 bits per heavy atom. The van der Waals surface area contributed by atoms with E-state index in [1.165, 1.54) is 0 Å². The quantitative estimate of drug-likeness (QED) is 0.776. The number of nitrogen functional groups attached to an aromatic ring is 1. The summed E-state index contributed by atoms with van der Waals surface area (Å²) in [5, 5.41) is 9.66. The van der Waals surface area contributed by atoms with E-state index in [4.69, 9.17) is 15.6 Å². The van der Waals surface area contributed by atoms with Crippen molar-refractivity contribution in [3.63, 3.8) is 0 Å². The van der Waals surface area contributed by atoms with Crippen LogP contribution in [0.1, 0.15) is 5.01 Å². The minimum Gasteiger partial charge on any atom is -0.489 e. The van der Waals surface area contributed by atoms with Gasteiger partial charge in [0.2, 0.25) is 0 Å². The lowest BCUT2D eigenvalue weighted by molar-refractivity contribution is 0.202. The van der Waals surface area contributed by atoms with Gasteiger partial charge in [-0.15, -0.1) is 11.3 Å². The summed E-state index contributed by atoms with van der Waals surface area (Å²) in [6.07, 6.45) is 0. The van der Waals surface area contributed by atoms with Crippen molar-refractivity contribution in [2.75, 3.05) is 18.9 Å². The van der Waals surface area contributed by atoms with Crippen molar-refractivity contribution in [3.05, 3.63) is 17.1 Å². The standard InChI is InChI=1S/C10H12N2O2S/c1-6-12-8-5-9(14-3-2-13)7(11)4-10(8)15-6/h4-5,13H,2-3,11H2,1H3. The molecule has 0 amide bonds. The maximum Gasteiger partial charge on any atom is 0.144 e. The SMILES string of the molecule is Cc1nc2cc(OCCO)c(N)cc2s1. The van der Waals surface area contributed by atoms with E-state index in [0.29, 0.717) is 11.4 Å². The summed E-state index contributed by atoms with van der Waals surface area (Å²) in [5.74, 6) is 0.585. The van der Waals surface area contributed by atoms with Crippen molar-refractivity contribution in [2.45, 2.75) is 6.92 Å². The number of benzene rings is 1. The third-order valence-electron chi connectivity index (χ3n) is 1.98. The van der Waals surface area contributed by atoms with Gasteiger partial charge in [0.15, 0.2) is 0 Å². The molecule has 0 atom stereocenters. The van der Waals surface area contributed by atoms with Crippen LogP contribution in [0.5, 0.6) is 5.75 Å². The monoisotopic (exact) mass is 224 g/mol. The fraction of sp³-hybridized carbons (Fsp3) is 0.300. The summed E-state index contributed by atoms with van der Waals surface area (Å²) in [6.45, 7) is 2.18. The molecular formula is C10H12N2O2S. The fourth-order valence-electron chi connectivity index (χ4n) is 1.37. The van der Waals surface area contributed by atoms with Crippen molar-refractivity contribution in [1.82, 2.24) is 4.98 Å². The highest BCUT2D eigenvalue weighted by Crippen LogP contribution is 2.31. The Morgan fingerprint density at radius 1 is 1.53 bits per heavy atom. The first-order valence-corrected chi connectivity index (χ1v) is 5.42. The van der Waals surface area contributed by atoms with Gasteiger partial charge in [-0.05, 0) is 13.0 Å². The highest BCUT2D eigenvalue weighted by Gasteiger charge is 2.06. The highest BCUT2D eigenvalue weighted by atomic mass is 32.1. The zero-order valence-corrected chi connectivity index (χ0v) is 9.17. The average molecular weight is 224 g/mol. The molecule has 2 rings (SSSR count). The normalized spacial score (nSPS) is 10.8. The Morgan fingerprint density at radius 2 is 2.33 bits per heavy atom. The van der Waals surface area contributed by atoms with Crippen LogP contribution in [-0.4, -0.2) is 23.3 Å². The van der Waals surface area contributed by atoms with Gasteiger partial charge >= 0.3 is 0 Å². The Kier molecular flexibility index (Phi) is 2.75. The molecule has 0 saturated heterocycles. The van der Waals surface area contributed by atoms with E-state index in [1.54, 1.807) is 11.3 Å². The smallest absolute Gasteiger partial charge is 0.144 e. The third-order valence-corrected chi connectivity index (χ3v) is 2.91. The molecule has 0 radical (unpaired) electrons. The predicted octanol–water partition coefficient (Wildman–Crippen LogP) is 1.56. The number of aryl methyl sites for hydroxylation is 1. The number of thiazole rings is 1. The van der Waals surface area contributed by atoms with Gasteiger partial charge in [0, 0.05) is 6.07 Å². The number of fused-ring (bicyclic) bond motifs is 1. The largest absolute Gasteiger partial charge is 0.489 e. The molecule has 2 aromatic rings. The number of aliphatic hydroxyl groups excluding tert-OH is 1. The van der Waals surface area contributed by atoms with Crippen LogP contribution in [0.3, 0.4) is 0 Å². The molecule has 1 heterocycles. The van der Waals surface area contributed by atoms with Gasteiger partial charge in [-0.3, -0.25) is 0 Å². The van der Waals surface area contributed by atoms with Gasteiger partial charge in [0.05, 0.1) is 27.5 Å². The van der Waals surface area contributed by atoms with Gasteiger partial charge in [-0.2, -0.15) is 0 Å². The molecule has 4 nitrogen and oxygen atoms in total. The molecular weight excluding hydrogens is 212 g/mol. The van der Waals surface area contributed by atoms with Crippen LogP contribution in [0.2, 0.25) is 0 Å². The molecule has 3 N–H and O–H groups in total. The van der Waals surface area contributed by atoms with Gasteiger partial charge in [-0.1, -0.05) is 0 Å². The van der Waals surface area contributed by atoms with Crippen LogP contribution in [0.15, 0.2) is 12.1 Å². The van der Waals surface area contributed by atoms with Crippen LogP contribution in [-0.2, 0) is 0 Å². The molecule has 0 aliphatic rings. The summed E-state index contributed by atoms with van der Waals surface area (Å²) in [5.41, 5.74) is 7.28. The summed E-state index contributed by atoms with van der Waals surface area (Å²) < 4.78 is 6.35. The zero-order chi connectivity index (χ0) is 10.8. The molecule has 0 fully saturated rings. The Bertz CT molecular complexity index is 481. The van der Waals surface area contributed by atoms with Gasteiger partial charge < -0.3 is 15.6 Å². The van der Waals surface area contributed by atoms with E-state index in [-0.39, 0.29) is 13.2 Å². The Balaban J connectivity index is 2.42. The third kappa shape index (κ3) is 2.03. The molecule has 1 aromatic carbocycles. The Labute approximate surface area is 91.3 Å². The summed E-state index contributed by atoms with van der Waals surface area (Å²) in [4.78, 5) is 4.34. The van der Waals surface area contributed by atoms with Crippen molar-refractivity contribution in [3.8, 4) is 5.75 Å². The molecule has 80 valence electrons. The maximum atomic E-state index is 8.66. The molecule has 0 unspecified atom stereocenters. The molecule has 1 aromatic heterocycles. The second-order valence-electron chi connectivity index (χ2n) is 3.16. The first kappa shape index (κ1) is 10.2. The average Bonchev–Trinajstić information content (AvgIpc) is 2.53. The number of hydrogen-bond donors (Lipinski definition) is 2. The van der Waals surface area contributed by atoms with Crippen LogP contribution in [0, 0.1) is 6.92 Å². The molecule has 0 aliphatic carbocycles. The first-order chi connectivity index (χ1) is 7.20. The van der Waals surface area contributed by atoms with E-state index < -0.39 is 0 Å². The lowest BCUT2D eigenvalue weighted by atomic mass is 10.3. The zero-order valence-electron chi connectivity index (χ0n) is 8.36. The summed E-state index contributed by atoms with van der Waals surface area (Å²) in [7, 11) is 0.